The fourth-order valence-electron chi connectivity index (χ4n) is 2.14. The summed E-state index contributed by atoms with van der Waals surface area (Å²) in [5.41, 5.74) is 0.818. The summed E-state index contributed by atoms with van der Waals surface area (Å²) in [6, 6.07) is 0. The summed E-state index contributed by atoms with van der Waals surface area (Å²) in [5, 5.41) is 0.453. The van der Waals surface area contributed by atoms with E-state index >= 15 is 0 Å². The lowest BCUT2D eigenvalue weighted by Gasteiger charge is -2.23. The normalized spacial score (nSPS) is 19.2. The first-order chi connectivity index (χ1) is 8.93. The highest BCUT2D eigenvalue weighted by atomic mass is 35.5. The van der Waals surface area contributed by atoms with Crippen LogP contribution in [-0.4, -0.2) is 43.0 Å². The molecule has 0 saturated carbocycles. The van der Waals surface area contributed by atoms with Crippen molar-refractivity contribution in [1.29, 1.82) is 0 Å². The number of nitrogens with zero attached hydrogens (tertiary/aromatic N) is 3. The monoisotopic (exact) mass is 303 g/mol. The lowest BCUT2D eigenvalue weighted by atomic mass is 10.3. The summed E-state index contributed by atoms with van der Waals surface area (Å²) in [6.45, 7) is 5.00. The van der Waals surface area contributed by atoms with Crippen LogP contribution in [0.25, 0.3) is 0 Å². The molecule has 0 radical (unpaired) electrons. The molecule has 0 atom stereocenters. The van der Waals surface area contributed by atoms with E-state index < -0.39 is 9.84 Å². The Balaban J connectivity index is 2.33. The minimum atomic E-state index is -2.92. The van der Waals surface area contributed by atoms with Crippen molar-refractivity contribution in [3.8, 4) is 0 Å². The number of rotatable bonds is 2. The Morgan fingerprint density at radius 1 is 1.26 bits per heavy atom. The average Bonchev–Trinajstić information content (AvgIpc) is 2.53. The van der Waals surface area contributed by atoms with E-state index in [1.54, 1.807) is 0 Å². The molecule has 0 unspecified atom stereocenters. The van der Waals surface area contributed by atoms with Crippen molar-refractivity contribution in [1.82, 2.24) is 9.97 Å². The van der Waals surface area contributed by atoms with E-state index in [0.29, 0.717) is 36.9 Å². The third-order valence-corrected chi connectivity index (χ3v) is 5.36. The standard InChI is InChI=1S/C12H18ClN3O2S/c1-3-10-14-11(13)9(2)12(15-10)16-5-4-7-19(17,18)8-6-16/h3-8H2,1-2H3. The third-order valence-electron chi connectivity index (χ3n) is 3.28. The molecule has 0 spiro atoms. The van der Waals surface area contributed by atoms with Crippen molar-refractivity contribution >= 4 is 27.3 Å². The number of aromatic nitrogens is 2. The maximum absolute atomic E-state index is 11.6. The Morgan fingerprint density at radius 3 is 2.68 bits per heavy atom. The highest BCUT2D eigenvalue weighted by Crippen LogP contribution is 2.24. The zero-order valence-corrected chi connectivity index (χ0v) is 12.8. The molecule has 19 heavy (non-hydrogen) atoms. The lowest BCUT2D eigenvalue weighted by molar-refractivity contribution is 0.597. The van der Waals surface area contributed by atoms with Crippen molar-refractivity contribution in [2.24, 2.45) is 0 Å². The number of anilines is 1. The molecule has 5 nitrogen and oxygen atoms in total. The zero-order valence-electron chi connectivity index (χ0n) is 11.2. The topological polar surface area (TPSA) is 63.2 Å². The van der Waals surface area contributed by atoms with Crippen LogP contribution in [0, 0.1) is 6.92 Å². The average molecular weight is 304 g/mol. The number of aryl methyl sites for hydroxylation is 1. The van der Waals surface area contributed by atoms with Crippen LogP contribution in [0.4, 0.5) is 5.82 Å². The van der Waals surface area contributed by atoms with Gasteiger partial charge in [-0.15, -0.1) is 0 Å². The van der Waals surface area contributed by atoms with Crippen LogP contribution in [-0.2, 0) is 16.3 Å². The SMILES string of the molecule is CCc1nc(Cl)c(C)c(N2CCCS(=O)(=O)CC2)n1. The second-order valence-electron chi connectivity index (χ2n) is 4.73. The summed E-state index contributed by atoms with van der Waals surface area (Å²) in [4.78, 5) is 10.7. The van der Waals surface area contributed by atoms with Crippen molar-refractivity contribution in [2.45, 2.75) is 26.7 Å². The first kappa shape index (κ1) is 14.5. The smallest absolute Gasteiger partial charge is 0.152 e. The van der Waals surface area contributed by atoms with Gasteiger partial charge in [0.05, 0.1) is 11.5 Å². The molecule has 0 bridgehead atoms. The molecular weight excluding hydrogens is 286 g/mol. The second kappa shape index (κ2) is 5.63. The molecule has 0 aromatic carbocycles. The molecule has 1 aliphatic heterocycles. The molecule has 1 aromatic heterocycles. The third kappa shape index (κ3) is 3.36. The number of hydrogen-bond acceptors (Lipinski definition) is 5. The number of hydrogen-bond donors (Lipinski definition) is 0. The molecule has 0 aliphatic carbocycles. The van der Waals surface area contributed by atoms with E-state index in [1.807, 2.05) is 18.7 Å². The predicted octanol–water partition coefficient (Wildman–Crippen LogP) is 1.63. The minimum absolute atomic E-state index is 0.176. The van der Waals surface area contributed by atoms with Gasteiger partial charge >= 0.3 is 0 Å². The first-order valence-electron chi connectivity index (χ1n) is 6.41. The van der Waals surface area contributed by atoms with Gasteiger partial charge < -0.3 is 4.90 Å². The molecular formula is C12H18ClN3O2S. The van der Waals surface area contributed by atoms with Gasteiger partial charge in [0, 0.05) is 25.1 Å². The van der Waals surface area contributed by atoms with Crippen molar-refractivity contribution in [3.05, 3.63) is 16.5 Å². The summed E-state index contributed by atoms with van der Waals surface area (Å²) in [5.74, 6) is 1.89. The van der Waals surface area contributed by atoms with Gasteiger partial charge in [-0.05, 0) is 13.3 Å². The Morgan fingerprint density at radius 2 is 2.00 bits per heavy atom. The van der Waals surface area contributed by atoms with Crippen molar-refractivity contribution in [3.63, 3.8) is 0 Å². The van der Waals surface area contributed by atoms with Crippen LogP contribution in [0.15, 0.2) is 0 Å². The largest absolute Gasteiger partial charge is 0.355 e. The molecule has 2 rings (SSSR count). The van der Waals surface area contributed by atoms with Gasteiger partial charge in [0.15, 0.2) is 9.84 Å². The second-order valence-corrected chi connectivity index (χ2v) is 7.39. The van der Waals surface area contributed by atoms with Gasteiger partial charge in [0.2, 0.25) is 0 Å². The predicted molar refractivity (Wildman–Crippen MR) is 76.6 cm³/mol. The molecule has 1 aliphatic rings. The quantitative estimate of drug-likeness (QED) is 0.777. The molecule has 2 heterocycles. The van der Waals surface area contributed by atoms with Gasteiger partial charge in [-0.1, -0.05) is 18.5 Å². The van der Waals surface area contributed by atoms with Gasteiger partial charge in [0.1, 0.15) is 16.8 Å². The van der Waals surface area contributed by atoms with Crippen LogP contribution in [0.5, 0.6) is 0 Å². The molecule has 1 aromatic rings. The van der Waals surface area contributed by atoms with Gasteiger partial charge in [-0.3, -0.25) is 0 Å². The van der Waals surface area contributed by atoms with E-state index in [9.17, 15) is 8.42 Å². The van der Waals surface area contributed by atoms with Crippen molar-refractivity contribution < 1.29 is 8.42 Å². The van der Waals surface area contributed by atoms with E-state index in [4.69, 9.17) is 11.6 Å². The van der Waals surface area contributed by atoms with Gasteiger partial charge in [-0.25, -0.2) is 18.4 Å². The summed E-state index contributed by atoms with van der Waals surface area (Å²) >= 11 is 6.12. The van der Waals surface area contributed by atoms with Gasteiger partial charge in [-0.2, -0.15) is 0 Å². The molecule has 106 valence electrons. The van der Waals surface area contributed by atoms with E-state index in [1.165, 1.54) is 0 Å². The number of sulfone groups is 1. The Hall–Kier alpha value is -0.880. The lowest BCUT2D eigenvalue weighted by Crippen LogP contribution is -2.29. The minimum Gasteiger partial charge on any atom is -0.355 e. The summed E-state index contributed by atoms with van der Waals surface area (Å²) in [7, 11) is -2.92. The van der Waals surface area contributed by atoms with Crippen LogP contribution >= 0.6 is 11.6 Å². The van der Waals surface area contributed by atoms with Crippen LogP contribution in [0.3, 0.4) is 0 Å². The summed E-state index contributed by atoms with van der Waals surface area (Å²) in [6.07, 6.45) is 1.34. The van der Waals surface area contributed by atoms with Crippen LogP contribution in [0.1, 0.15) is 24.7 Å². The van der Waals surface area contributed by atoms with Crippen molar-refractivity contribution in [2.75, 3.05) is 29.5 Å². The Labute approximate surface area is 118 Å². The molecule has 7 heteroatoms. The maximum Gasteiger partial charge on any atom is 0.152 e. The van der Waals surface area contributed by atoms with Crippen LogP contribution in [0.2, 0.25) is 5.15 Å². The molecule has 1 saturated heterocycles. The molecule has 0 N–H and O–H groups in total. The Kier molecular flexibility index (Phi) is 4.30. The highest BCUT2D eigenvalue weighted by molar-refractivity contribution is 7.91. The fourth-order valence-corrected chi connectivity index (χ4v) is 3.59. The molecule has 0 amide bonds. The number of halogens is 1. The summed E-state index contributed by atoms with van der Waals surface area (Å²) < 4.78 is 23.3. The zero-order chi connectivity index (χ0) is 14.0. The fraction of sp³-hybridized carbons (Fsp3) is 0.667. The first-order valence-corrected chi connectivity index (χ1v) is 8.61. The van der Waals surface area contributed by atoms with Crippen LogP contribution < -0.4 is 4.90 Å². The van der Waals surface area contributed by atoms with E-state index in [-0.39, 0.29) is 11.5 Å². The van der Waals surface area contributed by atoms with Gasteiger partial charge in [0.25, 0.3) is 0 Å². The van der Waals surface area contributed by atoms with E-state index in [0.717, 1.165) is 11.4 Å². The molecule has 1 fully saturated rings. The Bertz CT molecular complexity index is 575. The maximum atomic E-state index is 11.6. The highest BCUT2D eigenvalue weighted by Gasteiger charge is 2.22. The van der Waals surface area contributed by atoms with E-state index in [2.05, 4.69) is 9.97 Å².